The van der Waals surface area contributed by atoms with E-state index >= 15 is 0 Å². The number of pyridine rings is 1. The zero-order chi connectivity index (χ0) is 18.5. The number of aryl methyl sites for hydroxylation is 1. The average molecular weight is 360 g/mol. The van der Waals surface area contributed by atoms with Gasteiger partial charge in [-0.25, -0.2) is 9.97 Å². The van der Waals surface area contributed by atoms with Gasteiger partial charge in [-0.05, 0) is 37.0 Å². The highest BCUT2D eigenvalue weighted by Gasteiger charge is 2.25. The Morgan fingerprint density at radius 3 is 2.81 bits per heavy atom. The number of piperidine rings is 1. The van der Waals surface area contributed by atoms with E-state index in [1.165, 1.54) is 5.56 Å². The van der Waals surface area contributed by atoms with Crippen molar-refractivity contribution in [2.75, 3.05) is 13.1 Å². The van der Waals surface area contributed by atoms with E-state index in [0.717, 1.165) is 43.9 Å². The van der Waals surface area contributed by atoms with Crippen LogP contribution in [-0.2, 0) is 11.2 Å². The van der Waals surface area contributed by atoms with E-state index in [2.05, 4.69) is 23.2 Å². The predicted octanol–water partition coefficient (Wildman–Crippen LogP) is 3.61. The number of rotatable bonds is 5. The fourth-order valence-electron chi connectivity index (χ4n) is 3.70. The van der Waals surface area contributed by atoms with Crippen molar-refractivity contribution in [3.63, 3.8) is 0 Å². The SMILES string of the molecule is O=C(CCc1ccccc1)N1CCCC(c2cccc(-n3ccnc3)n2)C1. The Kier molecular flexibility index (Phi) is 5.28. The highest BCUT2D eigenvalue weighted by molar-refractivity contribution is 5.76. The van der Waals surface area contributed by atoms with Gasteiger partial charge in [-0.2, -0.15) is 0 Å². The molecule has 1 aliphatic rings. The summed E-state index contributed by atoms with van der Waals surface area (Å²) in [6, 6.07) is 16.3. The van der Waals surface area contributed by atoms with E-state index in [-0.39, 0.29) is 5.91 Å². The first-order valence-corrected chi connectivity index (χ1v) is 9.56. The molecule has 5 nitrogen and oxygen atoms in total. The molecule has 3 heterocycles. The van der Waals surface area contributed by atoms with Crippen LogP contribution in [0.2, 0.25) is 0 Å². The molecule has 2 aromatic heterocycles. The van der Waals surface area contributed by atoms with Gasteiger partial charge in [-0.1, -0.05) is 36.4 Å². The van der Waals surface area contributed by atoms with Gasteiger partial charge in [0.1, 0.15) is 12.1 Å². The lowest BCUT2D eigenvalue weighted by atomic mass is 9.94. The number of nitrogens with zero attached hydrogens (tertiary/aromatic N) is 4. The second kappa shape index (κ2) is 8.16. The molecule has 0 saturated carbocycles. The molecule has 1 aliphatic heterocycles. The minimum Gasteiger partial charge on any atom is -0.342 e. The lowest BCUT2D eigenvalue weighted by Crippen LogP contribution is -2.39. The van der Waals surface area contributed by atoms with Crippen molar-refractivity contribution in [1.29, 1.82) is 0 Å². The predicted molar refractivity (Wildman–Crippen MR) is 105 cm³/mol. The van der Waals surface area contributed by atoms with Gasteiger partial charge in [-0.15, -0.1) is 0 Å². The Hall–Kier alpha value is -2.95. The topological polar surface area (TPSA) is 51.0 Å². The van der Waals surface area contributed by atoms with Crippen LogP contribution < -0.4 is 0 Å². The Morgan fingerprint density at radius 2 is 2.00 bits per heavy atom. The first-order valence-electron chi connectivity index (χ1n) is 9.56. The maximum atomic E-state index is 12.7. The van der Waals surface area contributed by atoms with E-state index in [1.807, 2.05) is 46.0 Å². The molecule has 5 heteroatoms. The fourth-order valence-corrected chi connectivity index (χ4v) is 3.70. The molecule has 0 radical (unpaired) electrons. The van der Waals surface area contributed by atoms with Gasteiger partial charge in [-0.3, -0.25) is 9.36 Å². The first-order chi connectivity index (χ1) is 13.3. The van der Waals surface area contributed by atoms with E-state index in [0.29, 0.717) is 12.3 Å². The third kappa shape index (κ3) is 4.25. The minimum atomic E-state index is 0.245. The molecule has 3 aromatic rings. The highest BCUT2D eigenvalue weighted by Crippen LogP contribution is 2.26. The number of aromatic nitrogens is 3. The zero-order valence-electron chi connectivity index (χ0n) is 15.4. The number of imidazole rings is 1. The maximum Gasteiger partial charge on any atom is 0.222 e. The van der Waals surface area contributed by atoms with Crippen molar-refractivity contribution >= 4 is 5.91 Å². The molecule has 0 spiro atoms. The smallest absolute Gasteiger partial charge is 0.222 e. The standard InChI is InChI=1S/C22H24N4O/c27-22(12-11-18-6-2-1-3-7-18)25-14-5-8-19(16-25)20-9-4-10-21(24-20)26-15-13-23-17-26/h1-4,6-7,9-10,13,15,17,19H,5,8,11-12,14,16H2. The van der Waals surface area contributed by atoms with Crippen molar-refractivity contribution in [2.45, 2.75) is 31.6 Å². The molecule has 1 amide bonds. The highest BCUT2D eigenvalue weighted by atomic mass is 16.2. The Morgan fingerprint density at radius 1 is 1.11 bits per heavy atom. The van der Waals surface area contributed by atoms with Gasteiger partial charge in [0.2, 0.25) is 5.91 Å². The minimum absolute atomic E-state index is 0.245. The van der Waals surface area contributed by atoms with Crippen molar-refractivity contribution in [1.82, 2.24) is 19.4 Å². The van der Waals surface area contributed by atoms with Gasteiger partial charge in [0, 0.05) is 43.5 Å². The largest absolute Gasteiger partial charge is 0.342 e. The van der Waals surface area contributed by atoms with Gasteiger partial charge in [0.25, 0.3) is 0 Å². The van der Waals surface area contributed by atoms with Crippen LogP contribution in [0.1, 0.15) is 36.4 Å². The van der Waals surface area contributed by atoms with E-state index in [4.69, 9.17) is 4.98 Å². The number of hydrogen-bond donors (Lipinski definition) is 0. The second-order valence-corrected chi connectivity index (χ2v) is 7.06. The summed E-state index contributed by atoms with van der Waals surface area (Å²) in [6.07, 6.45) is 8.87. The van der Waals surface area contributed by atoms with Crippen molar-refractivity contribution in [3.8, 4) is 5.82 Å². The summed E-state index contributed by atoms with van der Waals surface area (Å²) in [5.74, 6) is 1.41. The van der Waals surface area contributed by atoms with Crippen LogP contribution in [0.3, 0.4) is 0 Å². The van der Waals surface area contributed by atoms with Crippen LogP contribution in [0.25, 0.3) is 5.82 Å². The molecule has 1 unspecified atom stereocenters. The number of benzene rings is 1. The number of likely N-dealkylation sites (tertiary alicyclic amines) is 1. The van der Waals surface area contributed by atoms with Crippen LogP contribution in [0.4, 0.5) is 0 Å². The van der Waals surface area contributed by atoms with Crippen LogP contribution in [-0.4, -0.2) is 38.4 Å². The summed E-state index contributed by atoms with van der Waals surface area (Å²) in [7, 11) is 0. The quantitative estimate of drug-likeness (QED) is 0.698. The van der Waals surface area contributed by atoms with Crippen LogP contribution in [0.5, 0.6) is 0 Å². The Balaban J connectivity index is 1.40. The third-order valence-electron chi connectivity index (χ3n) is 5.19. The average Bonchev–Trinajstić information content (AvgIpc) is 3.28. The first kappa shape index (κ1) is 17.5. The molecular weight excluding hydrogens is 336 g/mol. The van der Waals surface area contributed by atoms with E-state index in [9.17, 15) is 4.79 Å². The maximum absolute atomic E-state index is 12.7. The summed E-state index contributed by atoms with van der Waals surface area (Å²) in [4.78, 5) is 23.6. The summed E-state index contributed by atoms with van der Waals surface area (Å²) in [6.45, 7) is 1.61. The van der Waals surface area contributed by atoms with Gasteiger partial charge in [0.05, 0.1) is 0 Å². The van der Waals surface area contributed by atoms with Gasteiger partial charge in [0.15, 0.2) is 0 Å². The molecular formula is C22H24N4O. The molecule has 1 aromatic carbocycles. The summed E-state index contributed by atoms with van der Waals surface area (Å²) < 4.78 is 1.91. The van der Waals surface area contributed by atoms with Gasteiger partial charge < -0.3 is 4.90 Å². The molecule has 4 rings (SSSR count). The normalized spacial score (nSPS) is 17.0. The molecule has 1 fully saturated rings. The fraction of sp³-hybridized carbons (Fsp3) is 0.318. The molecule has 1 atom stereocenters. The molecule has 138 valence electrons. The van der Waals surface area contributed by atoms with Crippen molar-refractivity contribution in [2.24, 2.45) is 0 Å². The lowest BCUT2D eigenvalue weighted by Gasteiger charge is -2.32. The van der Waals surface area contributed by atoms with Gasteiger partial charge >= 0.3 is 0 Å². The number of carbonyl (C=O) groups is 1. The Labute approximate surface area is 159 Å². The summed E-state index contributed by atoms with van der Waals surface area (Å²) >= 11 is 0. The summed E-state index contributed by atoms with van der Waals surface area (Å²) in [5.41, 5.74) is 2.27. The molecule has 27 heavy (non-hydrogen) atoms. The van der Waals surface area contributed by atoms with Crippen LogP contribution >= 0.6 is 0 Å². The zero-order valence-corrected chi connectivity index (χ0v) is 15.4. The van der Waals surface area contributed by atoms with Crippen molar-refractivity contribution < 1.29 is 4.79 Å². The number of hydrogen-bond acceptors (Lipinski definition) is 3. The molecule has 0 bridgehead atoms. The van der Waals surface area contributed by atoms with E-state index < -0.39 is 0 Å². The van der Waals surface area contributed by atoms with Crippen LogP contribution in [0.15, 0.2) is 67.3 Å². The Bertz CT molecular complexity index is 876. The van der Waals surface area contributed by atoms with Crippen molar-refractivity contribution in [3.05, 3.63) is 78.5 Å². The number of carbonyl (C=O) groups excluding carboxylic acids is 1. The lowest BCUT2D eigenvalue weighted by molar-refractivity contribution is -0.132. The molecule has 0 N–H and O–H groups in total. The third-order valence-corrected chi connectivity index (χ3v) is 5.19. The number of amides is 1. The monoisotopic (exact) mass is 360 g/mol. The van der Waals surface area contributed by atoms with E-state index in [1.54, 1.807) is 12.5 Å². The molecule has 0 aliphatic carbocycles. The second-order valence-electron chi connectivity index (χ2n) is 7.06. The summed E-state index contributed by atoms with van der Waals surface area (Å²) in [5, 5.41) is 0. The van der Waals surface area contributed by atoms with Crippen LogP contribution in [0, 0.1) is 0 Å². The molecule has 1 saturated heterocycles.